The first kappa shape index (κ1) is 17.8. The number of hydrogen-bond donors (Lipinski definition) is 1. The molecule has 3 aromatic rings. The third kappa shape index (κ3) is 3.25. The van der Waals surface area contributed by atoms with Crippen LogP contribution in [0.25, 0.3) is 10.9 Å². The van der Waals surface area contributed by atoms with Crippen LogP contribution < -0.4 is 15.0 Å². The minimum absolute atomic E-state index is 0.0735. The number of amides is 1. The van der Waals surface area contributed by atoms with Gasteiger partial charge in [-0.1, -0.05) is 30.3 Å². The van der Waals surface area contributed by atoms with Crippen molar-refractivity contribution < 1.29 is 9.53 Å². The fourth-order valence-electron chi connectivity index (χ4n) is 3.55. The summed E-state index contributed by atoms with van der Waals surface area (Å²) in [6.07, 6.45) is 2.40. The average Bonchev–Trinajstić information content (AvgIpc) is 2.67. The molecule has 0 radical (unpaired) electrons. The molecule has 138 valence electrons. The highest BCUT2D eigenvalue weighted by molar-refractivity contribution is 9.10. The van der Waals surface area contributed by atoms with Gasteiger partial charge in [0.25, 0.3) is 5.91 Å². The number of anilines is 1. The Labute approximate surface area is 166 Å². The number of para-hydroxylation sites is 2. The van der Waals surface area contributed by atoms with Crippen molar-refractivity contribution in [3.8, 4) is 5.75 Å². The molecular formula is C21H20BrN3O2. The number of ether oxygens (including phenoxy) is 1. The van der Waals surface area contributed by atoms with E-state index in [4.69, 9.17) is 4.74 Å². The molecule has 1 aliphatic rings. The fraction of sp³-hybridized carbons (Fsp3) is 0.238. The molecule has 0 fully saturated rings. The van der Waals surface area contributed by atoms with E-state index < -0.39 is 0 Å². The van der Waals surface area contributed by atoms with Crippen molar-refractivity contribution in [3.63, 3.8) is 0 Å². The molecule has 4 rings (SSSR count). The highest BCUT2D eigenvalue weighted by Crippen LogP contribution is 2.34. The van der Waals surface area contributed by atoms with Crippen molar-refractivity contribution in [1.29, 1.82) is 0 Å². The number of hydrogen-bond acceptors (Lipinski definition) is 4. The number of benzene rings is 2. The van der Waals surface area contributed by atoms with Crippen LogP contribution in [0.4, 0.5) is 5.69 Å². The number of rotatable bonds is 3. The Morgan fingerprint density at radius 3 is 2.85 bits per heavy atom. The van der Waals surface area contributed by atoms with Gasteiger partial charge in [-0.25, -0.2) is 0 Å². The summed E-state index contributed by atoms with van der Waals surface area (Å²) in [6.45, 7) is 0.589. The fourth-order valence-corrected chi connectivity index (χ4v) is 4.02. The van der Waals surface area contributed by atoms with Crippen molar-refractivity contribution in [1.82, 2.24) is 10.3 Å². The first-order valence-corrected chi connectivity index (χ1v) is 9.62. The second-order valence-electron chi connectivity index (χ2n) is 6.75. The monoisotopic (exact) mass is 425 g/mol. The first-order valence-electron chi connectivity index (χ1n) is 8.83. The Bertz CT molecular complexity index is 1020. The van der Waals surface area contributed by atoms with Gasteiger partial charge in [-0.3, -0.25) is 9.78 Å². The van der Waals surface area contributed by atoms with E-state index in [1.54, 1.807) is 6.20 Å². The van der Waals surface area contributed by atoms with Gasteiger partial charge in [-0.05, 0) is 28.1 Å². The van der Waals surface area contributed by atoms with Gasteiger partial charge >= 0.3 is 0 Å². The van der Waals surface area contributed by atoms with Crippen LogP contribution in [-0.2, 0) is 0 Å². The quantitative estimate of drug-likeness (QED) is 0.678. The number of nitrogens with one attached hydrogen (secondary N) is 1. The number of carbonyl (C=O) groups is 1. The lowest BCUT2D eigenvalue weighted by Crippen LogP contribution is -2.33. The van der Waals surface area contributed by atoms with Crippen LogP contribution in [-0.4, -0.2) is 31.6 Å². The summed E-state index contributed by atoms with van der Waals surface area (Å²) in [5.74, 6) is 0.706. The number of halogens is 1. The molecular weight excluding hydrogens is 406 g/mol. The predicted molar refractivity (Wildman–Crippen MR) is 111 cm³/mol. The summed E-state index contributed by atoms with van der Waals surface area (Å²) in [6, 6.07) is 13.7. The second-order valence-corrected chi connectivity index (χ2v) is 7.61. The minimum Gasteiger partial charge on any atom is -0.493 e. The van der Waals surface area contributed by atoms with Crippen LogP contribution in [0, 0.1) is 0 Å². The van der Waals surface area contributed by atoms with Crippen molar-refractivity contribution in [2.24, 2.45) is 0 Å². The summed E-state index contributed by atoms with van der Waals surface area (Å²) in [7, 11) is 3.88. The molecule has 0 unspecified atom stereocenters. The third-order valence-electron chi connectivity index (χ3n) is 4.78. The maximum atomic E-state index is 13.1. The zero-order valence-corrected chi connectivity index (χ0v) is 16.8. The van der Waals surface area contributed by atoms with Crippen LogP contribution in [0.3, 0.4) is 0 Å². The number of fused-ring (bicyclic) bond motifs is 2. The van der Waals surface area contributed by atoms with Gasteiger partial charge in [-0.2, -0.15) is 0 Å². The molecule has 6 heteroatoms. The molecule has 27 heavy (non-hydrogen) atoms. The van der Waals surface area contributed by atoms with Crippen molar-refractivity contribution >= 4 is 38.4 Å². The number of carbonyl (C=O) groups excluding carboxylic acids is 1. The molecule has 0 saturated carbocycles. The summed E-state index contributed by atoms with van der Waals surface area (Å²) < 4.78 is 6.61. The van der Waals surface area contributed by atoms with E-state index in [-0.39, 0.29) is 11.9 Å². The Kier molecular flexibility index (Phi) is 4.74. The lowest BCUT2D eigenvalue weighted by molar-refractivity contribution is 0.0925. The summed E-state index contributed by atoms with van der Waals surface area (Å²) in [5.41, 5.74) is 3.28. The Morgan fingerprint density at radius 2 is 2.04 bits per heavy atom. The van der Waals surface area contributed by atoms with Gasteiger partial charge in [0.05, 0.1) is 29.4 Å². The normalized spacial score (nSPS) is 15.7. The molecule has 1 aliphatic heterocycles. The Balaban J connectivity index is 1.73. The highest BCUT2D eigenvalue weighted by atomic mass is 79.9. The summed E-state index contributed by atoms with van der Waals surface area (Å²) in [4.78, 5) is 19.6. The van der Waals surface area contributed by atoms with E-state index in [0.29, 0.717) is 12.2 Å². The molecule has 1 atom stereocenters. The SMILES string of the molecule is CN(C)c1c(C(=O)N[C@H]2CCOc3ccccc32)cnc2c(Br)cccc12. The van der Waals surface area contributed by atoms with Gasteiger partial charge in [0.15, 0.2) is 0 Å². The zero-order chi connectivity index (χ0) is 19.0. The zero-order valence-electron chi connectivity index (χ0n) is 15.2. The van der Waals surface area contributed by atoms with E-state index in [9.17, 15) is 4.79 Å². The molecule has 0 spiro atoms. The van der Waals surface area contributed by atoms with Crippen molar-refractivity contribution in [2.45, 2.75) is 12.5 Å². The van der Waals surface area contributed by atoms with Gasteiger partial charge in [0, 0.05) is 42.1 Å². The van der Waals surface area contributed by atoms with Gasteiger partial charge in [0.1, 0.15) is 5.75 Å². The topological polar surface area (TPSA) is 54.5 Å². The van der Waals surface area contributed by atoms with Crippen LogP contribution in [0.1, 0.15) is 28.4 Å². The minimum atomic E-state index is -0.130. The van der Waals surface area contributed by atoms with Crippen LogP contribution in [0.15, 0.2) is 53.1 Å². The maximum absolute atomic E-state index is 13.1. The van der Waals surface area contributed by atoms with Crippen molar-refractivity contribution in [2.75, 3.05) is 25.6 Å². The molecule has 1 aromatic heterocycles. The molecule has 0 saturated heterocycles. The first-order chi connectivity index (χ1) is 13.1. The van der Waals surface area contributed by atoms with E-state index in [0.717, 1.165) is 38.8 Å². The van der Waals surface area contributed by atoms with Crippen LogP contribution in [0.2, 0.25) is 0 Å². The molecule has 2 heterocycles. The van der Waals surface area contributed by atoms with Crippen LogP contribution in [0.5, 0.6) is 5.75 Å². The van der Waals surface area contributed by atoms with Gasteiger partial charge in [-0.15, -0.1) is 0 Å². The van der Waals surface area contributed by atoms with E-state index in [1.165, 1.54) is 0 Å². The molecule has 5 nitrogen and oxygen atoms in total. The lowest BCUT2D eigenvalue weighted by Gasteiger charge is -2.27. The van der Waals surface area contributed by atoms with E-state index in [2.05, 4.69) is 26.2 Å². The van der Waals surface area contributed by atoms with Gasteiger partial charge < -0.3 is 15.0 Å². The Morgan fingerprint density at radius 1 is 1.22 bits per heavy atom. The molecule has 1 amide bonds. The third-order valence-corrected chi connectivity index (χ3v) is 5.42. The smallest absolute Gasteiger partial charge is 0.255 e. The summed E-state index contributed by atoms with van der Waals surface area (Å²) in [5, 5.41) is 4.11. The molecule has 2 aromatic carbocycles. The van der Waals surface area contributed by atoms with Gasteiger partial charge in [0.2, 0.25) is 0 Å². The molecule has 0 aliphatic carbocycles. The molecule has 0 bridgehead atoms. The predicted octanol–water partition coefficient (Wildman–Crippen LogP) is 4.32. The lowest BCUT2D eigenvalue weighted by atomic mass is 10.00. The standard InChI is InChI=1S/C21H20BrN3O2/c1-25(2)20-14-7-5-8-16(22)19(14)23-12-15(20)21(26)24-17-10-11-27-18-9-4-3-6-13(17)18/h3-9,12,17H,10-11H2,1-2H3,(H,24,26)/t17-/m0/s1. The second kappa shape index (κ2) is 7.19. The average molecular weight is 426 g/mol. The summed E-state index contributed by atoms with van der Waals surface area (Å²) >= 11 is 3.54. The highest BCUT2D eigenvalue weighted by Gasteiger charge is 2.25. The van der Waals surface area contributed by atoms with E-state index in [1.807, 2.05) is 61.5 Å². The Hall–Kier alpha value is -2.60. The molecule has 1 N–H and O–H groups in total. The maximum Gasteiger partial charge on any atom is 0.255 e. The van der Waals surface area contributed by atoms with Crippen LogP contribution >= 0.6 is 15.9 Å². The number of pyridine rings is 1. The van der Waals surface area contributed by atoms with Crippen molar-refractivity contribution in [3.05, 3.63) is 64.3 Å². The number of aromatic nitrogens is 1. The number of nitrogens with zero attached hydrogens (tertiary/aromatic N) is 2. The van der Waals surface area contributed by atoms with E-state index >= 15 is 0 Å². The largest absolute Gasteiger partial charge is 0.493 e.